The molecule has 0 aliphatic carbocycles. The minimum atomic E-state index is -1.00. The van der Waals surface area contributed by atoms with Crippen LogP contribution in [0.3, 0.4) is 0 Å². The van der Waals surface area contributed by atoms with Gasteiger partial charge in [0, 0.05) is 6.54 Å². The van der Waals surface area contributed by atoms with E-state index in [2.05, 4.69) is 5.32 Å². The van der Waals surface area contributed by atoms with E-state index in [0.717, 1.165) is 16.7 Å². The number of carboxylic acid groups (broad SMARTS) is 1. The Morgan fingerprint density at radius 1 is 1.08 bits per heavy atom. The zero-order chi connectivity index (χ0) is 17.4. The van der Waals surface area contributed by atoms with E-state index in [-0.39, 0.29) is 12.5 Å². The van der Waals surface area contributed by atoms with Gasteiger partial charge in [-0.15, -0.1) is 0 Å². The first kappa shape index (κ1) is 17.5. The lowest BCUT2D eigenvalue weighted by Crippen LogP contribution is -2.27. The number of rotatable bonds is 8. The molecule has 0 aliphatic heterocycles. The Morgan fingerprint density at radius 3 is 2.46 bits per heavy atom. The van der Waals surface area contributed by atoms with E-state index in [0.29, 0.717) is 25.1 Å². The lowest BCUT2D eigenvalue weighted by molar-refractivity contribution is -0.139. The number of amides is 1. The maximum atomic E-state index is 12.0. The molecule has 0 saturated carbocycles. The molecule has 5 heteroatoms. The third kappa shape index (κ3) is 5.76. The molecule has 0 fully saturated rings. The molecule has 0 radical (unpaired) electrons. The number of aryl methyl sites for hydroxylation is 1. The monoisotopic (exact) mass is 327 g/mol. The van der Waals surface area contributed by atoms with Crippen molar-refractivity contribution in [1.82, 2.24) is 5.32 Å². The van der Waals surface area contributed by atoms with Crippen LogP contribution in [-0.2, 0) is 22.4 Å². The predicted molar refractivity (Wildman–Crippen MR) is 91.2 cm³/mol. The molecule has 0 unspecified atom stereocenters. The molecule has 5 nitrogen and oxygen atoms in total. The van der Waals surface area contributed by atoms with Gasteiger partial charge in [-0.05, 0) is 42.2 Å². The minimum Gasteiger partial charge on any atom is -0.482 e. The molecule has 2 aromatic carbocycles. The van der Waals surface area contributed by atoms with Crippen molar-refractivity contribution in [3.63, 3.8) is 0 Å². The lowest BCUT2D eigenvalue weighted by atomic mass is 10.1. The van der Waals surface area contributed by atoms with Crippen molar-refractivity contribution in [2.24, 2.45) is 0 Å². The topological polar surface area (TPSA) is 75.6 Å². The zero-order valence-electron chi connectivity index (χ0n) is 13.6. The standard InChI is InChI=1S/C19H21NO4/c1-14-4-2-3-5-16(14)12-18(21)20-11-10-15-6-8-17(9-7-15)24-13-19(22)23/h2-9H,10-13H2,1H3,(H,20,21)(H,22,23). The van der Waals surface area contributed by atoms with Crippen molar-refractivity contribution in [2.45, 2.75) is 19.8 Å². The van der Waals surface area contributed by atoms with Gasteiger partial charge in [-0.25, -0.2) is 4.79 Å². The number of carbonyl (C=O) groups excluding carboxylic acids is 1. The summed E-state index contributed by atoms with van der Waals surface area (Å²) < 4.78 is 5.07. The molecule has 126 valence electrons. The van der Waals surface area contributed by atoms with Crippen molar-refractivity contribution in [3.05, 3.63) is 65.2 Å². The van der Waals surface area contributed by atoms with Gasteiger partial charge in [0.1, 0.15) is 5.75 Å². The molecule has 0 heterocycles. The highest BCUT2D eigenvalue weighted by Crippen LogP contribution is 2.12. The van der Waals surface area contributed by atoms with Gasteiger partial charge in [0.15, 0.2) is 6.61 Å². The van der Waals surface area contributed by atoms with Crippen LogP contribution < -0.4 is 10.1 Å². The Labute approximate surface area is 141 Å². The van der Waals surface area contributed by atoms with Gasteiger partial charge in [-0.3, -0.25) is 4.79 Å². The summed E-state index contributed by atoms with van der Waals surface area (Å²) in [4.78, 5) is 22.4. The lowest BCUT2D eigenvalue weighted by Gasteiger charge is -2.08. The number of benzene rings is 2. The van der Waals surface area contributed by atoms with Crippen molar-refractivity contribution < 1.29 is 19.4 Å². The van der Waals surface area contributed by atoms with Gasteiger partial charge in [0.05, 0.1) is 6.42 Å². The fourth-order valence-corrected chi connectivity index (χ4v) is 2.29. The van der Waals surface area contributed by atoms with E-state index in [1.165, 1.54) is 0 Å². The molecular weight excluding hydrogens is 306 g/mol. The third-order valence-electron chi connectivity index (χ3n) is 3.63. The van der Waals surface area contributed by atoms with Crippen LogP contribution in [0, 0.1) is 6.92 Å². The second-order valence-electron chi connectivity index (χ2n) is 5.53. The number of hydrogen-bond donors (Lipinski definition) is 2. The maximum Gasteiger partial charge on any atom is 0.341 e. The van der Waals surface area contributed by atoms with E-state index in [1.807, 2.05) is 43.3 Å². The van der Waals surface area contributed by atoms with E-state index < -0.39 is 5.97 Å². The van der Waals surface area contributed by atoms with Crippen LogP contribution in [0.4, 0.5) is 0 Å². The molecule has 0 atom stereocenters. The van der Waals surface area contributed by atoms with Crippen molar-refractivity contribution >= 4 is 11.9 Å². The summed E-state index contributed by atoms with van der Waals surface area (Å²) in [6.45, 7) is 2.20. The number of ether oxygens (including phenoxy) is 1. The number of hydrogen-bond acceptors (Lipinski definition) is 3. The summed E-state index contributed by atoms with van der Waals surface area (Å²) >= 11 is 0. The molecular formula is C19H21NO4. The summed E-state index contributed by atoms with van der Waals surface area (Å²) in [6, 6.07) is 15.0. The Balaban J connectivity index is 1.74. The molecule has 2 aromatic rings. The number of nitrogens with one attached hydrogen (secondary N) is 1. The van der Waals surface area contributed by atoms with Crippen LogP contribution in [-0.4, -0.2) is 30.1 Å². The number of carboxylic acids is 1. The summed E-state index contributed by atoms with van der Waals surface area (Å²) in [6.07, 6.45) is 1.09. The number of carbonyl (C=O) groups is 2. The van der Waals surface area contributed by atoms with Crippen LogP contribution in [0.5, 0.6) is 5.75 Å². The highest BCUT2D eigenvalue weighted by Gasteiger charge is 2.05. The zero-order valence-corrected chi connectivity index (χ0v) is 13.6. The molecule has 1 amide bonds. The molecule has 0 spiro atoms. The van der Waals surface area contributed by atoms with Gasteiger partial charge >= 0.3 is 5.97 Å². The molecule has 0 bridgehead atoms. The molecule has 0 saturated heterocycles. The molecule has 0 aliphatic rings. The van der Waals surface area contributed by atoms with Crippen molar-refractivity contribution in [2.75, 3.05) is 13.2 Å². The first-order valence-corrected chi connectivity index (χ1v) is 7.79. The van der Waals surface area contributed by atoms with Crippen LogP contribution >= 0.6 is 0 Å². The summed E-state index contributed by atoms with van der Waals surface area (Å²) in [5.74, 6) is -0.481. The predicted octanol–water partition coefficient (Wildman–Crippen LogP) is 2.36. The van der Waals surface area contributed by atoms with Crippen LogP contribution in [0.15, 0.2) is 48.5 Å². The number of aliphatic carboxylic acids is 1. The van der Waals surface area contributed by atoms with E-state index >= 15 is 0 Å². The molecule has 2 N–H and O–H groups in total. The van der Waals surface area contributed by atoms with E-state index in [1.54, 1.807) is 12.1 Å². The van der Waals surface area contributed by atoms with Gasteiger partial charge < -0.3 is 15.2 Å². The first-order valence-electron chi connectivity index (χ1n) is 7.79. The van der Waals surface area contributed by atoms with E-state index in [4.69, 9.17) is 9.84 Å². The van der Waals surface area contributed by atoms with Crippen molar-refractivity contribution in [1.29, 1.82) is 0 Å². The smallest absolute Gasteiger partial charge is 0.341 e. The average Bonchev–Trinajstić information content (AvgIpc) is 2.56. The summed E-state index contributed by atoms with van der Waals surface area (Å²) in [5.41, 5.74) is 3.20. The van der Waals surface area contributed by atoms with Crippen molar-refractivity contribution in [3.8, 4) is 5.75 Å². The minimum absolute atomic E-state index is 0.00529. The molecule has 2 rings (SSSR count). The van der Waals surface area contributed by atoms with Crippen LogP contribution in [0.25, 0.3) is 0 Å². The fraction of sp³-hybridized carbons (Fsp3) is 0.263. The first-order chi connectivity index (χ1) is 11.5. The second-order valence-corrected chi connectivity index (χ2v) is 5.53. The van der Waals surface area contributed by atoms with Gasteiger partial charge in [0.2, 0.25) is 5.91 Å². The largest absolute Gasteiger partial charge is 0.482 e. The van der Waals surface area contributed by atoms with Crippen LogP contribution in [0.1, 0.15) is 16.7 Å². The average molecular weight is 327 g/mol. The quantitative estimate of drug-likeness (QED) is 0.780. The highest BCUT2D eigenvalue weighted by molar-refractivity contribution is 5.78. The van der Waals surface area contributed by atoms with Gasteiger partial charge in [0.25, 0.3) is 0 Å². The van der Waals surface area contributed by atoms with Gasteiger partial charge in [-0.2, -0.15) is 0 Å². The molecule has 0 aromatic heterocycles. The summed E-state index contributed by atoms with van der Waals surface area (Å²) in [5, 5.41) is 11.5. The molecule has 24 heavy (non-hydrogen) atoms. The Hall–Kier alpha value is -2.82. The SMILES string of the molecule is Cc1ccccc1CC(=O)NCCc1ccc(OCC(=O)O)cc1. The Bertz CT molecular complexity index is 695. The summed E-state index contributed by atoms with van der Waals surface area (Å²) in [7, 11) is 0. The normalized spacial score (nSPS) is 10.2. The third-order valence-corrected chi connectivity index (χ3v) is 3.63. The van der Waals surface area contributed by atoms with E-state index in [9.17, 15) is 9.59 Å². The van der Waals surface area contributed by atoms with Gasteiger partial charge in [-0.1, -0.05) is 36.4 Å². The maximum absolute atomic E-state index is 12.0. The Morgan fingerprint density at radius 2 is 1.79 bits per heavy atom. The second kappa shape index (κ2) is 8.72. The fourth-order valence-electron chi connectivity index (χ4n) is 2.29. The van der Waals surface area contributed by atoms with Crippen LogP contribution in [0.2, 0.25) is 0 Å². The Kier molecular flexibility index (Phi) is 6.37. The highest BCUT2D eigenvalue weighted by atomic mass is 16.5.